The van der Waals surface area contributed by atoms with Crippen molar-refractivity contribution in [1.29, 1.82) is 0 Å². The Morgan fingerprint density at radius 3 is 2.80 bits per heavy atom. The van der Waals surface area contributed by atoms with Crippen LogP contribution in [0.2, 0.25) is 0 Å². The number of nitrogens with zero attached hydrogens (tertiary/aromatic N) is 1. The molecule has 6 heteroatoms. The first-order valence-electron chi connectivity index (χ1n) is 7.49. The lowest BCUT2D eigenvalue weighted by Crippen LogP contribution is -2.60. The molecule has 1 saturated heterocycles. The van der Waals surface area contributed by atoms with Gasteiger partial charge in [0.25, 0.3) is 0 Å². The number of methoxy groups -OCH3 is 1. The second-order valence-electron chi connectivity index (χ2n) is 5.23. The van der Waals surface area contributed by atoms with E-state index in [2.05, 4.69) is 5.32 Å². The SMILES string of the molecule is CCOC1CC(NCCC(=O)N2CCOCC2)C1OC. The lowest BCUT2D eigenvalue weighted by Gasteiger charge is -2.43. The Labute approximate surface area is 120 Å². The summed E-state index contributed by atoms with van der Waals surface area (Å²) in [5.41, 5.74) is 0. The van der Waals surface area contributed by atoms with Crippen LogP contribution in [0.5, 0.6) is 0 Å². The third-order valence-corrected chi connectivity index (χ3v) is 4.01. The van der Waals surface area contributed by atoms with Crippen molar-refractivity contribution < 1.29 is 19.0 Å². The maximum atomic E-state index is 12.0. The normalized spacial score (nSPS) is 30.1. The average molecular weight is 286 g/mol. The van der Waals surface area contributed by atoms with E-state index >= 15 is 0 Å². The molecular formula is C14H26N2O4. The zero-order valence-electron chi connectivity index (χ0n) is 12.5. The van der Waals surface area contributed by atoms with Crippen LogP contribution in [0.3, 0.4) is 0 Å². The molecule has 0 bridgehead atoms. The molecule has 1 N–H and O–H groups in total. The van der Waals surface area contributed by atoms with Gasteiger partial charge in [-0.15, -0.1) is 0 Å². The van der Waals surface area contributed by atoms with Crippen LogP contribution in [0, 0.1) is 0 Å². The molecule has 1 aliphatic carbocycles. The van der Waals surface area contributed by atoms with Gasteiger partial charge < -0.3 is 24.4 Å². The molecule has 0 spiro atoms. The molecule has 3 atom stereocenters. The molecule has 20 heavy (non-hydrogen) atoms. The molecule has 0 aromatic rings. The van der Waals surface area contributed by atoms with Crippen molar-refractivity contribution >= 4 is 5.91 Å². The molecule has 2 fully saturated rings. The van der Waals surface area contributed by atoms with E-state index in [1.807, 2.05) is 11.8 Å². The fourth-order valence-corrected chi connectivity index (χ4v) is 2.81. The number of hydrogen-bond acceptors (Lipinski definition) is 5. The molecule has 1 saturated carbocycles. The number of nitrogens with one attached hydrogen (secondary N) is 1. The highest BCUT2D eigenvalue weighted by Gasteiger charge is 2.41. The molecule has 6 nitrogen and oxygen atoms in total. The molecule has 1 amide bonds. The van der Waals surface area contributed by atoms with E-state index in [-0.39, 0.29) is 18.1 Å². The van der Waals surface area contributed by atoms with Crippen molar-refractivity contribution in [2.24, 2.45) is 0 Å². The van der Waals surface area contributed by atoms with E-state index in [1.165, 1.54) is 0 Å². The standard InChI is InChI=1S/C14H26N2O4/c1-3-20-12-10-11(14(12)18-2)15-5-4-13(17)16-6-8-19-9-7-16/h11-12,14-15H,3-10H2,1-2H3. The van der Waals surface area contributed by atoms with Gasteiger partial charge >= 0.3 is 0 Å². The minimum atomic E-state index is 0.105. The van der Waals surface area contributed by atoms with E-state index < -0.39 is 0 Å². The smallest absolute Gasteiger partial charge is 0.224 e. The predicted octanol–water partition coefficient (Wildman–Crippen LogP) is 0.0173. The summed E-state index contributed by atoms with van der Waals surface area (Å²) in [5, 5.41) is 3.39. The zero-order valence-corrected chi connectivity index (χ0v) is 12.5. The lowest BCUT2D eigenvalue weighted by atomic mass is 9.85. The maximum Gasteiger partial charge on any atom is 0.224 e. The Balaban J connectivity index is 1.62. The second-order valence-corrected chi connectivity index (χ2v) is 5.23. The van der Waals surface area contributed by atoms with Gasteiger partial charge in [-0.3, -0.25) is 4.79 Å². The highest BCUT2D eigenvalue weighted by atomic mass is 16.5. The minimum absolute atomic E-state index is 0.105. The monoisotopic (exact) mass is 286 g/mol. The van der Waals surface area contributed by atoms with Gasteiger partial charge in [0.2, 0.25) is 5.91 Å². The van der Waals surface area contributed by atoms with Gasteiger partial charge in [0.05, 0.1) is 25.4 Å². The summed E-state index contributed by atoms with van der Waals surface area (Å²) < 4.78 is 16.3. The van der Waals surface area contributed by atoms with E-state index in [9.17, 15) is 4.79 Å². The van der Waals surface area contributed by atoms with Crippen molar-refractivity contribution in [2.75, 3.05) is 46.6 Å². The zero-order chi connectivity index (χ0) is 14.4. The number of carbonyl (C=O) groups excluding carboxylic acids is 1. The summed E-state index contributed by atoms with van der Waals surface area (Å²) in [6.07, 6.45) is 1.79. The van der Waals surface area contributed by atoms with Crippen LogP contribution in [0.1, 0.15) is 19.8 Å². The van der Waals surface area contributed by atoms with Crippen LogP contribution < -0.4 is 5.32 Å². The number of morpholine rings is 1. The van der Waals surface area contributed by atoms with E-state index in [0.29, 0.717) is 38.8 Å². The highest BCUT2D eigenvalue weighted by molar-refractivity contribution is 5.76. The van der Waals surface area contributed by atoms with Crippen LogP contribution in [-0.4, -0.2) is 75.6 Å². The Morgan fingerprint density at radius 2 is 2.15 bits per heavy atom. The van der Waals surface area contributed by atoms with Gasteiger partial charge in [0.15, 0.2) is 0 Å². The van der Waals surface area contributed by atoms with Crippen molar-refractivity contribution in [3.8, 4) is 0 Å². The molecule has 2 rings (SSSR count). The summed E-state index contributed by atoms with van der Waals surface area (Å²) in [6, 6.07) is 0.300. The number of carbonyl (C=O) groups is 1. The lowest BCUT2D eigenvalue weighted by molar-refractivity contribution is -0.137. The fourth-order valence-electron chi connectivity index (χ4n) is 2.81. The van der Waals surface area contributed by atoms with Crippen molar-refractivity contribution in [2.45, 2.75) is 38.0 Å². The molecule has 1 aliphatic heterocycles. The number of ether oxygens (including phenoxy) is 3. The quantitative estimate of drug-likeness (QED) is 0.715. The minimum Gasteiger partial charge on any atom is -0.378 e. The predicted molar refractivity (Wildman–Crippen MR) is 74.6 cm³/mol. The number of rotatable bonds is 7. The topological polar surface area (TPSA) is 60.0 Å². The largest absolute Gasteiger partial charge is 0.378 e. The Bertz CT molecular complexity index is 308. The van der Waals surface area contributed by atoms with Gasteiger partial charge in [-0.05, 0) is 13.3 Å². The third-order valence-electron chi connectivity index (χ3n) is 4.01. The van der Waals surface area contributed by atoms with Gasteiger partial charge in [-0.1, -0.05) is 0 Å². The van der Waals surface area contributed by atoms with Crippen molar-refractivity contribution in [1.82, 2.24) is 10.2 Å². The molecule has 3 unspecified atom stereocenters. The van der Waals surface area contributed by atoms with E-state index in [0.717, 1.165) is 19.5 Å². The highest BCUT2D eigenvalue weighted by Crippen LogP contribution is 2.26. The molecule has 116 valence electrons. The Hall–Kier alpha value is -0.690. The van der Waals surface area contributed by atoms with Crippen LogP contribution >= 0.6 is 0 Å². The van der Waals surface area contributed by atoms with Gasteiger partial charge in [-0.2, -0.15) is 0 Å². The summed E-state index contributed by atoms with van der Waals surface area (Å²) in [5.74, 6) is 0.204. The first-order valence-corrected chi connectivity index (χ1v) is 7.49. The van der Waals surface area contributed by atoms with Gasteiger partial charge in [-0.25, -0.2) is 0 Å². The summed E-state index contributed by atoms with van der Waals surface area (Å²) >= 11 is 0. The maximum absolute atomic E-state index is 12.0. The molecule has 0 aromatic carbocycles. The van der Waals surface area contributed by atoms with Crippen LogP contribution in [-0.2, 0) is 19.0 Å². The molecule has 0 radical (unpaired) electrons. The van der Waals surface area contributed by atoms with E-state index in [4.69, 9.17) is 14.2 Å². The van der Waals surface area contributed by atoms with Crippen molar-refractivity contribution in [3.05, 3.63) is 0 Å². The second kappa shape index (κ2) is 7.93. The van der Waals surface area contributed by atoms with Crippen LogP contribution in [0.4, 0.5) is 0 Å². The summed E-state index contributed by atoms with van der Waals surface area (Å²) in [6.45, 7) is 6.15. The molecule has 0 aromatic heterocycles. The first-order chi connectivity index (χ1) is 9.76. The summed E-state index contributed by atoms with van der Waals surface area (Å²) in [7, 11) is 1.71. The van der Waals surface area contributed by atoms with Crippen LogP contribution in [0.25, 0.3) is 0 Å². The molecule has 2 aliphatic rings. The van der Waals surface area contributed by atoms with E-state index in [1.54, 1.807) is 7.11 Å². The molecular weight excluding hydrogens is 260 g/mol. The number of hydrogen-bond donors (Lipinski definition) is 1. The fraction of sp³-hybridized carbons (Fsp3) is 0.929. The Kier molecular flexibility index (Phi) is 6.22. The Morgan fingerprint density at radius 1 is 1.40 bits per heavy atom. The van der Waals surface area contributed by atoms with Crippen molar-refractivity contribution in [3.63, 3.8) is 0 Å². The van der Waals surface area contributed by atoms with Crippen LogP contribution in [0.15, 0.2) is 0 Å². The third kappa shape index (κ3) is 3.91. The average Bonchev–Trinajstić information content (AvgIpc) is 2.46. The van der Waals surface area contributed by atoms with Gasteiger partial charge in [0, 0.05) is 45.8 Å². The summed E-state index contributed by atoms with van der Waals surface area (Å²) in [4.78, 5) is 13.9. The first kappa shape index (κ1) is 15.7. The molecule has 1 heterocycles. The van der Waals surface area contributed by atoms with Gasteiger partial charge in [0.1, 0.15) is 0 Å². The number of amides is 1.